The minimum atomic E-state index is -5.08. The first-order chi connectivity index (χ1) is 14.1. The van der Waals surface area contributed by atoms with E-state index in [1.54, 1.807) is 13.2 Å². The van der Waals surface area contributed by atoms with E-state index in [0.717, 1.165) is 38.9 Å². The van der Waals surface area contributed by atoms with Crippen molar-refractivity contribution >= 4 is 11.9 Å². The van der Waals surface area contributed by atoms with Gasteiger partial charge in [0.15, 0.2) is 0 Å². The number of ether oxygens (including phenoxy) is 2. The van der Waals surface area contributed by atoms with Gasteiger partial charge in [0.25, 0.3) is 0 Å². The maximum absolute atomic E-state index is 11.3. The molecule has 1 aromatic heterocycles. The van der Waals surface area contributed by atoms with Crippen molar-refractivity contribution in [3.8, 4) is 0 Å². The first-order valence-corrected chi connectivity index (χ1v) is 9.51. The lowest BCUT2D eigenvalue weighted by Crippen LogP contribution is -2.44. The summed E-state index contributed by atoms with van der Waals surface area (Å²) in [6.45, 7) is 3.71. The van der Waals surface area contributed by atoms with Crippen molar-refractivity contribution in [2.75, 3.05) is 33.4 Å². The van der Waals surface area contributed by atoms with E-state index >= 15 is 0 Å². The van der Waals surface area contributed by atoms with Crippen LogP contribution < -0.4 is 5.32 Å². The molecule has 1 amide bonds. The van der Waals surface area contributed by atoms with Gasteiger partial charge in [-0.1, -0.05) is 6.07 Å². The summed E-state index contributed by atoms with van der Waals surface area (Å²) in [4.78, 5) is 26.8. The standard InChI is InChI=1S/C17H25N3O3.C2HF3O2/c1-18-16(21)13-22-15-9-17(23-12-15)4-7-20(8-5-17)11-14-3-2-6-19-10-14;3-2(4,5)1(6)7/h2-3,6,10,15H,4-5,7-9,11-13H2,1H3,(H,18,21);(H,6,7). The van der Waals surface area contributed by atoms with Crippen molar-refractivity contribution in [2.45, 2.75) is 43.7 Å². The molecule has 1 aromatic rings. The molecule has 1 atom stereocenters. The predicted octanol–water partition coefficient (Wildman–Crippen LogP) is 1.60. The lowest BCUT2D eigenvalue weighted by atomic mass is 9.88. The number of nitrogens with zero attached hydrogens (tertiary/aromatic N) is 2. The molecule has 2 fully saturated rings. The van der Waals surface area contributed by atoms with E-state index in [4.69, 9.17) is 19.4 Å². The van der Waals surface area contributed by atoms with Crippen LogP contribution >= 0.6 is 0 Å². The summed E-state index contributed by atoms with van der Waals surface area (Å²) in [7, 11) is 1.62. The number of nitrogens with one attached hydrogen (secondary N) is 1. The molecular weight excluding hydrogens is 407 g/mol. The maximum Gasteiger partial charge on any atom is 0.490 e. The third kappa shape index (κ3) is 7.54. The molecule has 0 saturated carbocycles. The normalized spacial score (nSPS) is 21.0. The second-order valence-electron chi connectivity index (χ2n) is 7.24. The average Bonchev–Trinajstić information content (AvgIpc) is 3.11. The molecule has 0 radical (unpaired) electrons. The minimum Gasteiger partial charge on any atom is -0.475 e. The first-order valence-electron chi connectivity index (χ1n) is 9.51. The van der Waals surface area contributed by atoms with E-state index in [2.05, 4.69) is 21.3 Å². The Kier molecular flexibility index (Phi) is 8.56. The van der Waals surface area contributed by atoms with Crippen LogP contribution in [0, 0.1) is 0 Å². The molecule has 11 heteroatoms. The molecule has 3 heterocycles. The van der Waals surface area contributed by atoms with Crippen molar-refractivity contribution in [3.05, 3.63) is 30.1 Å². The number of carboxylic acid groups (broad SMARTS) is 1. The van der Waals surface area contributed by atoms with E-state index in [9.17, 15) is 18.0 Å². The summed E-state index contributed by atoms with van der Waals surface area (Å²) in [6, 6.07) is 4.10. The Morgan fingerprint density at radius 3 is 2.60 bits per heavy atom. The fraction of sp³-hybridized carbons (Fsp3) is 0.632. The molecule has 1 spiro atoms. The van der Waals surface area contributed by atoms with Crippen molar-refractivity contribution in [3.63, 3.8) is 0 Å². The number of carbonyl (C=O) groups is 2. The molecule has 30 heavy (non-hydrogen) atoms. The van der Waals surface area contributed by atoms with E-state index in [-0.39, 0.29) is 24.2 Å². The smallest absolute Gasteiger partial charge is 0.475 e. The summed E-state index contributed by atoms with van der Waals surface area (Å²) in [5.74, 6) is -2.84. The number of rotatable bonds is 5. The second kappa shape index (κ2) is 10.7. The van der Waals surface area contributed by atoms with Gasteiger partial charge >= 0.3 is 12.1 Å². The molecule has 2 aliphatic rings. The number of hydrogen-bond donors (Lipinski definition) is 2. The van der Waals surface area contributed by atoms with Crippen LogP contribution in [0.4, 0.5) is 13.2 Å². The Hall–Kier alpha value is -2.24. The third-order valence-electron chi connectivity index (χ3n) is 5.04. The zero-order valence-electron chi connectivity index (χ0n) is 16.7. The molecule has 168 valence electrons. The van der Waals surface area contributed by atoms with E-state index < -0.39 is 12.1 Å². The number of likely N-dealkylation sites (tertiary alicyclic amines) is 1. The molecule has 3 rings (SSSR count). The van der Waals surface area contributed by atoms with Gasteiger partial charge in [-0.2, -0.15) is 13.2 Å². The van der Waals surface area contributed by atoms with Gasteiger partial charge in [-0.25, -0.2) is 4.79 Å². The number of aliphatic carboxylic acids is 1. The summed E-state index contributed by atoms with van der Waals surface area (Å²) < 4.78 is 43.4. The number of carboxylic acids is 1. The van der Waals surface area contributed by atoms with Gasteiger partial charge in [0.2, 0.25) is 5.91 Å². The van der Waals surface area contributed by atoms with Crippen molar-refractivity contribution in [1.82, 2.24) is 15.2 Å². The van der Waals surface area contributed by atoms with Gasteiger partial charge in [-0.05, 0) is 24.5 Å². The highest BCUT2D eigenvalue weighted by atomic mass is 19.4. The zero-order valence-corrected chi connectivity index (χ0v) is 16.7. The lowest BCUT2D eigenvalue weighted by molar-refractivity contribution is -0.192. The fourth-order valence-corrected chi connectivity index (χ4v) is 3.39. The third-order valence-corrected chi connectivity index (χ3v) is 5.04. The monoisotopic (exact) mass is 433 g/mol. The number of piperidine rings is 1. The fourth-order valence-electron chi connectivity index (χ4n) is 3.39. The van der Waals surface area contributed by atoms with Crippen LogP contribution in [0.5, 0.6) is 0 Å². The zero-order chi connectivity index (χ0) is 22.2. The predicted molar refractivity (Wildman–Crippen MR) is 99.5 cm³/mol. The highest BCUT2D eigenvalue weighted by Gasteiger charge is 2.43. The molecule has 8 nitrogen and oxygen atoms in total. The largest absolute Gasteiger partial charge is 0.490 e. The van der Waals surface area contributed by atoms with E-state index in [1.165, 1.54) is 5.56 Å². The van der Waals surface area contributed by atoms with Gasteiger partial charge in [0, 0.05) is 45.5 Å². The molecule has 2 aliphatic heterocycles. The number of carbonyl (C=O) groups excluding carboxylic acids is 1. The van der Waals surface area contributed by atoms with Crippen LogP contribution in [0.15, 0.2) is 24.5 Å². The van der Waals surface area contributed by atoms with Gasteiger partial charge in [-0.3, -0.25) is 14.7 Å². The molecular formula is C19H26F3N3O5. The van der Waals surface area contributed by atoms with Crippen molar-refractivity contribution in [2.24, 2.45) is 0 Å². The molecule has 2 saturated heterocycles. The highest BCUT2D eigenvalue weighted by Crippen LogP contribution is 2.37. The van der Waals surface area contributed by atoms with E-state index in [1.807, 2.05) is 12.3 Å². The van der Waals surface area contributed by atoms with Gasteiger partial charge < -0.3 is 19.9 Å². The quantitative estimate of drug-likeness (QED) is 0.728. The topological polar surface area (TPSA) is 101 Å². The Bertz CT molecular complexity index is 694. The van der Waals surface area contributed by atoms with Gasteiger partial charge in [0.1, 0.15) is 6.61 Å². The number of pyridine rings is 1. The number of halogens is 3. The van der Waals surface area contributed by atoms with Crippen LogP contribution in [-0.2, 0) is 25.6 Å². The van der Waals surface area contributed by atoms with Crippen molar-refractivity contribution < 1.29 is 37.3 Å². The molecule has 2 N–H and O–H groups in total. The number of alkyl halides is 3. The van der Waals surface area contributed by atoms with Crippen LogP contribution in [0.3, 0.4) is 0 Å². The number of amides is 1. The van der Waals surface area contributed by atoms with Crippen LogP contribution in [0.2, 0.25) is 0 Å². The Balaban J connectivity index is 0.000000396. The average molecular weight is 433 g/mol. The maximum atomic E-state index is 11.3. The Labute approximate surface area is 172 Å². The van der Waals surface area contributed by atoms with Crippen LogP contribution in [-0.4, -0.2) is 78.1 Å². The number of aromatic nitrogens is 1. The summed E-state index contributed by atoms with van der Waals surface area (Å²) in [5, 5.41) is 9.70. The highest BCUT2D eigenvalue weighted by molar-refractivity contribution is 5.76. The van der Waals surface area contributed by atoms with Crippen molar-refractivity contribution in [1.29, 1.82) is 0 Å². The molecule has 0 aromatic carbocycles. The van der Waals surface area contributed by atoms with Gasteiger partial charge in [0.05, 0.1) is 18.3 Å². The summed E-state index contributed by atoms with van der Waals surface area (Å²) >= 11 is 0. The SMILES string of the molecule is CNC(=O)COC1COC2(CCN(Cc3cccnc3)CC2)C1.O=C(O)C(F)(F)F. The molecule has 0 bridgehead atoms. The van der Waals surface area contributed by atoms with Gasteiger partial charge in [-0.15, -0.1) is 0 Å². The number of hydrogen-bond acceptors (Lipinski definition) is 6. The Morgan fingerprint density at radius 1 is 1.40 bits per heavy atom. The summed E-state index contributed by atoms with van der Waals surface area (Å²) in [5.41, 5.74) is 1.20. The lowest BCUT2D eigenvalue weighted by Gasteiger charge is -2.38. The van der Waals surface area contributed by atoms with Crippen LogP contribution in [0.25, 0.3) is 0 Å². The molecule has 1 unspecified atom stereocenters. The molecule has 0 aliphatic carbocycles. The first kappa shape index (κ1) is 24.0. The second-order valence-corrected chi connectivity index (χ2v) is 7.24. The van der Waals surface area contributed by atoms with E-state index in [0.29, 0.717) is 6.61 Å². The number of likely N-dealkylation sites (N-methyl/N-ethyl adjacent to an activating group) is 1. The van der Waals surface area contributed by atoms with Crippen LogP contribution in [0.1, 0.15) is 24.8 Å². The minimum absolute atomic E-state index is 0.0390. The Morgan fingerprint density at radius 2 is 2.07 bits per heavy atom. The summed E-state index contributed by atoms with van der Waals surface area (Å²) in [6.07, 6.45) is 1.63.